The monoisotopic (exact) mass is 1010 g/mol. The number of aromatic nitrogens is 5. The van der Waals surface area contributed by atoms with Crippen molar-refractivity contribution in [3.05, 3.63) is 200 Å². The van der Waals surface area contributed by atoms with Crippen molar-refractivity contribution in [1.29, 1.82) is 0 Å². The van der Waals surface area contributed by atoms with Crippen molar-refractivity contribution >= 4 is 21.8 Å². The molecule has 378 valence electrons. The van der Waals surface area contributed by atoms with Gasteiger partial charge in [-0.1, -0.05) is 42.5 Å². The van der Waals surface area contributed by atoms with Crippen LogP contribution in [0.1, 0.15) is 12.8 Å². The number of nitrogens with zero attached hydrogens (tertiary/aromatic N) is 5. The first kappa shape index (κ1) is 48.8. The largest absolute Gasteiger partial charge is 0.493 e. The molecule has 0 spiro atoms. The summed E-state index contributed by atoms with van der Waals surface area (Å²) in [4.78, 5) is 24.2. The van der Waals surface area contributed by atoms with E-state index in [9.17, 15) is 0 Å². The van der Waals surface area contributed by atoms with Crippen LogP contribution in [0.4, 0.5) is 0 Å². The lowest BCUT2D eigenvalue weighted by Crippen LogP contribution is -2.10. The van der Waals surface area contributed by atoms with Gasteiger partial charge in [0.25, 0.3) is 0 Å². The molecule has 5 aromatic heterocycles. The molecule has 0 fully saturated rings. The predicted octanol–water partition coefficient (Wildman–Crippen LogP) is 13.1. The lowest BCUT2D eigenvalue weighted by atomic mass is 10.1. The molecule has 0 radical (unpaired) electrons. The molecule has 0 atom stereocenters. The Morgan fingerprint density at radius 2 is 0.579 bits per heavy atom. The van der Waals surface area contributed by atoms with E-state index in [1.807, 2.05) is 152 Å². The summed E-state index contributed by atoms with van der Waals surface area (Å²) in [5.74, 6) is 5.48. The summed E-state index contributed by atoms with van der Waals surface area (Å²) >= 11 is 0. The van der Waals surface area contributed by atoms with E-state index in [0.29, 0.717) is 76.1 Å². The van der Waals surface area contributed by atoms with Gasteiger partial charge in [0.05, 0.1) is 47.0 Å². The molecule has 9 aliphatic heterocycles. The zero-order chi connectivity index (χ0) is 51.1. The van der Waals surface area contributed by atoms with Gasteiger partial charge in [-0.25, -0.2) is 24.9 Å². The zero-order valence-electron chi connectivity index (χ0n) is 41.6. The highest BCUT2D eigenvalue weighted by Crippen LogP contribution is 2.31. The third-order valence-corrected chi connectivity index (χ3v) is 12.4. The lowest BCUT2D eigenvalue weighted by molar-refractivity contribution is 0.210. The first-order valence-electron chi connectivity index (χ1n) is 25.3. The van der Waals surface area contributed by atoms with Crippen molar-refractivity contribution in [3.8, 4) is 91.3 Å². The van der Waals surface area contributed by atoms with E-state index in [2.05, 4.69) is 46.4 Å². The van der Waals surface area contributed by atoms with Gasteiger partial charge in [0.1, 0.15) is 74.1 Å². The molecule has 19 rings (SSSR count). The molecule has 0 unspecified atom stereocenters. The van der Waals surface area contributed by atoms with Crippen molar-refractivity contribution in [3.63, 3.8) is 0 Å². The number of benzene rings is 5. The molecule has 13 heteroatoms. The van der Waals surface area contributed by atoms with Crippen molar-refractivity contribution < 1.29 is 37.9 Å². The quantitative estimate of drug-likeness (QED) is 0.105. The highest BCUT2D eigenvalue weighted by Gasteiger charge is 2.12. The van der Waals surface area contributed by atoms with Gasteiger partial charge in [-0.3, -0.25) is 0 Å². The summed E-state index contributed by atoms with van der Waals surface area (Å²) in [5, 5.41) is 2.03. The van der Waals surface area contributed by atoms with Gasteiger partial charge in [0.15, 0.2) is 0 Å². The van der Waals surface area contributed by atoms with Crippen LogP contribution in [0.3, 0.4) is 0 Å². The minimum Gasteiger partial charge on any atom is -0.493 e. The van der Waals surface area contributed by atoms with Crippen LogP contribution in [-0.4, -0.2) is 77.8 Å². The molecule has 18 bridgehead atoms. The van der Waals surface area contributed by atoms with Gasteiger partial charge >= 0.3 is 0 Å². The third-order valence-electron chi connectivity index (χ3n) is 12.4. The van der Waals surface area contributed by atoms with Gasteiger partial charge in [-0.05, 0) is 146 Å². The van der Waals surface area contributed by atoms with E-state index in [0.717, 1.165) is 103 Å². The van der Waals surface area contributed by atoms with Crippen LogP contribution in [0.25, 0.3) is 66.8 Å². The van der Waals surface area contributed by atoms with Crippen LogP contribution in [0.5, 0.6) is 46.3 Å². The molecule has 10 aromatic rings. The predicted molar refractivity (Wildman–Crippen MR) is 294 cm³/mol. The highest BCUT2D eigenvalue weighted by molar-refractivity contribution is 6.04. The van der Waals surface area contributed by atoms with Gasteiger partial charge in [-0.2, -0.15) is 0 Å². The van der Waals surface area contributed by atoms with E-state index in [4.69, 9.17) is 52.8 Å². The number of ether oxygens (including phenoxy) is 8. The second-order valence-corrected chi connectivity index (χ2v) is 17.6. The standard InChI is InChI=1S/C63H53N5O8/c1-2-4-35-75-60-32-16-48(42-64-60)56-6-5-7-57(66-56)49-17-33-61(65-43-49)76-41-40-74-55-28-26-54(27-29-55)73-39-37-71-51-20-12-45(13-21-51)59-31-15-47-9-8-46-14-30-58(67-62(46)63(47)68-59)44-10-18-50(19-11-44)70-36-38-72-53-24-22-52(23-25-53)69-34-3-1/h1-2,5-33,42-43H,3-4,34-41H2. The van der Waals surface area contributed by atoms with Crippen molar-refractivity contribution in [2.24, 2.45) is 0 Å². The smallest absolute Gasteiger partial charge is 0.213 e. The molecule has 0 saturated carbocycles. The number of pyridine rings is 5. The SMILES string of the molecule is C1=CCCOc2ccc(cn2)-c2cccc(n2)-c2ccc(nc2)OCCOc2ccc(cc2)OCCOc2ccc(cc2)-c2ccc3ccc4ccc(nc4c3n2)-c2ccc(cc2)OCCOc2ccc(cc2)OCC1. The zero-order valence-corrected chi connectivity index (χ0v) is 41.6. The maximum Gasteiger partial charge on any atom is 0.213 e. The summed E-state index contributed by atoms with van der Waals surface area (Å²) in [5.41, 5.74) is 8.65. The second-order valence-electron chi connectivity index (χ2n) is 17.6. The Labute approximate surface area is 440 Å². The fourth-order valence-electron chi connectivity index (χ4n) is 8.44. The van der Waals surface area contributed by atoms with E-state index < -0.39 is 0 Å². The Morgan fingerprint density at radius 1 is 0.263 bits per heavy atom. The third kappa shape index (κ3) is 12.6. The van der Waals surface area contributed by atoms with Gasteiger partial charge in [-0.15, -0.1) is 0 Å². The first-order valence-corrected chi connectivity index (χ1v) is 25.3. The molecule has 13 nitrogen and oxygen atoms in total. The molecule has 5 aromatic carbocycles. The number of rotatable bonds is 0. The Balaban J connectivity index is 0.727. The summed E-state index contributed by atoms with van der Waals surface area (Å²) in [6, 6.07) is 56.9. The number of fused-ring (bicyclic) bond motifs is 2. The molecular weight excluding hydrogens is 955 g/mol. The lowest BCUT2D eigenvalue weighted by Gasteiger charge is -2.11. The molecule has 0 aliphatic carbocycles. The fraction of sp³-hybridized carbons (Fsp3) is 0.159. The van der Waals surface area contributed by atoms with Gasteiger partial charge in [0, 0.05) is 57.6 Å². The minimum absolute atomic E-state index is 0.323. The topological polar surface area (TPSA) is 138 Å². The van der Waals surface area contributed by atoms with Crippen LogP contribution >= 0.6 is 0 Å². The van der Waals surface area contributed by atoms with E-state index in [1.54, 1.807) is 12.4 Å². The van der Waals surface area contributed by atoms with Crippen LogP contribution < -0.4 is 37.9 Å². The summed E-state index contributed by atoms with van der Waals surface area (Å²) in [7, 11) is 0. The first-order chi connectivity index (χ1) is 37.6. The fourth-order valence-corrected chi connectivity index (χ4v) is 8.44. The maximum absolute atomic E-state index is 6.03. The molecule has 0 N–H and O–H groups in total. The molecule has 14 heterocycles. The molecule has 76 heavy (non-hydrogen) atoms. The Bertz CT molecular complexity index is 3520. The van der Waals surface area contributed by atoms with Gasteiger partial charge < -0.3 is 37.9 Å². The Morgan fingerprint density at radius 3 is 0.974 bits per heavy atom. The van der Waals surface area contributed by atoms with E-state index in [-0.39, 0.29) is 0 Å². The summed E-state index contributed by atoms with van der Waals surface area (Å²) in [6.07, 6.45) is 9.24. The molecule has 0 amide bonds. The van der Waals surface area contributed by atoms with E-state index >= 15 is 0 Å². The Kier molecular flexibility index (Phi) is 15.4. The second kappa shape index (κ2) is 24.0. The van der Waals surface area contributed by atoms with Crippen LogP contribution in [-0.2, 0) is 0 Å². The summed E-state index contributed by atoms with van der Waals surface area (Å²) in [6.45, 7) is 3.26. The number of hydrogen-bond donors (Lipinski definition) is 0. The van der Waals surface area contributed by atoms with E-state index in [1.165, 1.54) is 0 Å². The van der Waals surface area contributed by atoms with Crippen molar-refractivity contribution in [2.45, 2.75) is 12.8 Å². The van der Waals surface area contributed by atoms with Crippen molar-refractivity contribution in [1.82, 2.24) is 24.9 Å². The average Bonchev–Trinajstić information content (AvgIpc) is 3.48. The van der Waals surface area contributed by atoms with Crippen LogP contribution in [0.15, 0.2) is 200 Å². The minimum atomic E-state index is 0.323. The average molecular weight is 1010 g/mol. The normalized spacial score (nSPS) is 13.8. The van der Waals surface area contributed by atoms with Crippen LogP contribution in [0.2, 0.25) is 0 Å². The number of hydrogen-bond acceptors (Lipinski definition) is 13. The summed E-state index contributed by atoms with van der Waals surface area (Å²) < 4.78 is 47.6. The van der Waals surface area contributed by atoms with Crippen molar-refractivity contribution in [2.75, 3.05) is 52.9 Å². The molecule has 9 aliphatic rings. The Hall–Kier alpha value is -9.49. The maximum atomic E-state index is 6.03. The van der Waals surface area contributed by atoms with Crippen LogP contribution in [0, 0.1) is 0 Å². The molecular formula is C63H53N5O8. The molecule has 0 saturated heterocycles. The highest BCUT2D eigenvalue weighted by atomic mass is 16.5. The van der Waals surface area contributed by atoms with Gasteiger partial charge in [0.2, 0.25) is 11.8 Å².